The number of hydrogen-bond donors (Lipinski definition) is 1. The highest BCUT2D eigenvalue weighted by molar-refractivity contribution is 7.19. The van der Waals surface area contributed by atoms with Crippen molar-refractivity contribution in [2.75, 3.05) is 5.32 Å². The van der Waals surface area contributed by atoms with Crippen molar-refractivity contribution >= 4 is 22.2 Å². The van der Waals surface area contributed by atoms with Gasteiger partial charge in [-0.25, -0.2) is 4.98 Å². The molecule has 5 nitrogen and oxygen atoms in total. The number of thiazole rings is 1. The summed E-state index contributed by atoms with van der Waals surface area (Å²) in [6.45, 7) is 4.34. The summed E-state index contributed by atoms with van der Waals surface area (Å²) in [4.78, 5) is 17.5. The van der Waals surface area contributed by atoms with Gasteiger partial charge in [-0.3, -0.25) is 4.79 Å². The second kappa shape index (κ2) is 9.99. The molecule has 6 heteroatoms. The number of ether oxygens (including phenoxy) is 1. The van der Waals surface area contributed by atoms with Crippen molar-refractivity contribution < 1.29 is 13.9 Å². The highest BCUT2D eigenvalue weighted by Gasteiger charge is 2.18. The molecule has 0 radical (unpaired) electrons. The molecule has 0 saturated heterocycles. The lowest BCUT2D eigenvalue weighted by Gasteiger charge is -2.09. The van der Waals surface area contributed by atoms with E-state index >= 15 is 0 Å². The minimum Gasteiger partial charge on any atom is -0.459 e. The first-order valence-corrected chi connectivity index (χ1v) is 12.2. The van der Waals surface area contributed by atoms with E-state index in [9.17, 15) is 4.79 Å². The third kappa shape index (κ3) is 5.18. The van der Waals surface area contributed by atoms with Crippen LogP contribution in [0.15, 0.2) is 102 Å². The molecule has 5 aromatic rings. The molecule has 0 aliphatic rings. The Bertz CT molecular complexity index is 1410. The van der Waals surface area contributed by atoms with Crippen LogP contribution in [0.25, 0.3) is 21.8 Å². The number of nitrogens with one attached hydrogen (secondary N) is 1. The second-order valence-corrected chi connectivity index (χ2v) is 9.34. The molecule has 174 valence electrons. The molecule has 1 N–H and O–H groups in total. The molecular formula is C29H24N2O3S. The van der Waals surface area contributed by atoms with Crippen molar-refractivity contribution in [1.82, 2.24) is 4.98 Å². The maximum Gasteiger partial charge on any atom is 0.292 e. The molecule has 3 aromatic carbocycles. The van der Waals surface area contributed by atoms with E-state index in [1.54, 1.807) is 12.1 Å². The summed E-state index contributed by atoms with van der Waals surface area (Å²) in [6, 6.07) is 29.1. The number of rotatable bonds is 7. The lowest BCUT2D eigenvalue weighted by molar-refractivity contribution is 0.0997. The molecule has 0 atom stereocenters. The van der Waals surface area contributed by atoms with Gasteiger partial charge < -0.3 is 14.5 Å². The first kappa shape index (κ1) is 22.6. The van der Waals surface area contributed by atoms with Crippen LogP contribution in [-0.4, -0.2) is 10.9 Å². The fraction of sp³-hybridized carbons (Fsp3) is 0.103. The number of carbonyl (C=O) groups excluding carboxylic acids is 1. The summed E-state index contributed by atoms with van der Waals surface area (Å²) in [5.74, 6) is 1.97. The number of aromatic nitrogens is 1. The van der Waals surface area contributed by atoms with Gasteiger partial charge in [0.2, 0.25) is 0 Å². The first-order chi connectivity index (χ1) is 17.1. The smallest absolute Gasteiger partial charge is 0.292 e. The van der Waals surface area contributed by atoms with Crippen molar-refractivity contribution in [3.05, 3.63) is 109 Å². The second-order valence-electron chi connectivity index (χ2n) is 8.34. The Morgan fingerprint density at radius 3 is 2.17 bits per heavy atom. The summed E-state index contributed by atoms with van der Waals surface area (Å²) in [5.41, 5.74) is 3.86. The standard InChI is InChI=1S/C29H24N2O3S/c1-19(2)20-10-14-23(15-11-20)34-24-16-12-22(13-17-24)28-30-26(21-7-4-3-5-8-21)29(35-28)31-27(32)25-9-6-18-33-25/h3-19H,1-2H3,(H,31,32). The van der Waals surface area contributed by atoms with Crippen molar-refractivity contribution in [2.24, 2.45) is 0 Å². The highest BCUT2D eigenvalue weighted by atomic mass is 32.1. The average Bonchev–Trinajstić information content (AvgIpc) is 3.56. The van der Waals surface area contributed by atoms with Crippen LogP contribution in [0.3, 0.4) is 0 Å². The number of nitrogens with zero attached hydrogens (tertiary/aromatic N) is 1. The fourth-order valence-electron chi connectivity index (χ4n) is 3.61. The molecule has 1 amide bonds. The number of benzene rings is 3. The Hall–Kier alpha value is -4.16. The maximum atomic E-state index is 12.6. The van der Waals surface area contributed by atoms with E-state index in [1.165, 1.54) is 23.2 Å². The number of hydrogen-bond acceptors (Lipinski definition) is 5. The van der Waals surface area contributed by atoms with E-state index in [2.05, 4.69) is 31.3 Å². The molecule has 0 aliphatic heterocycles. The van der Waals surface area contributed by atoms with Crippen molar-refractivity contribution in [2.45, 2.75) is 19.8 Å². The van der Waals surface area contributed by atoms with Crippen LogP contribution in [0.1, 0.15) is 35.9 Å². The quantitative estimate of drug-likeness (QED) is 0.255. The van der Waals surface area contributed by atoms with Crippen LogP contribution in [0, 0.1) is 0 Å². The monoisotopic (exact) mass is 480 g/mol. The summed E-state index contributed by atoms with van der Waals surface area (Å²) in [5, 5.41) is 4.42. The van der Waals surface area contributed by atoms with Gasteiger partial charge in [0.05, 0.1) is 6.26 Å². The van der Waals surface area contributed by atoms with Crippen LogP contribution >= 0.6 is 11.3 Å². The molecule has 0 fully saturated rings. The van der Waals surface area contributed by atoms with Crippen LogP contribution in [0.4, 0.5) is 5.00 Å². The predicted molar refractivity (Wildman–Crippen MR) is 140 cm³/mol. The van der Waals surface area contributed by atoms with Crippen LogP contribution in [-0.2, 0) is 0 Å². The van der Waals surface area contributed by atoms with E-state index in [1.807, 2.05) is 66.7 Å². The lowest BCUT2D eigenvalue weighted by Crippen LogP contribution is -2.10. The van der Waals surface area contributed by atoms with E-state index in [0.717, 1.165) is 33.3 Å². The molecule has 5 rings (SSSR count). The van der Waals surface area contributed by atoms with Gasteiger partial charge in [0.25, 0.3) is 5.91 Å². The minimum atomic E-state index is -0.311. The van der Waals surface area contributed by atoms with Gasteiger partial charge in [-0.1, -0.05) is 67.6 Å². The predicted octanol–water partition coefficient (Wildman–Crippen LogP) is 8.24. The van der Waals surface area contributed by atoms with E-state index in [-0.39, 0.29) is 11.7 Å². The molecule has 0 aliphatic carbocycles. The molecule has 2 aromatic heterocycles. The van der Waals surface area contributed by atoms with E-state index < -0.39 is 0 Å². The van der Waals surface area contributed by atoms with Crippen molar-refractivity contribution in [3.8, 4) is 33.3 Å². The summed E-state index contributed by atoms with van der Waals surface area (Å²) in [7, 11) is 0. The molecular weight excluding hydrogens is 456 g/mol. The van der Waals surface area contributed by atoms with E-state index in [4.69, 9.17) is 14.1 Å². The number of anilines is 1. The molecule has 0 bridgehead atoms. The zero-order chi connectivity index (χ0) is 24.2. The molecule has 35 heavy (non-hydrogen) atoms. The molecule has 2 heterocycles. The van der Waals surface area contributed by atoms with Crippen molar-refractivity contribution in [1.29, 1.82) is 0 Å². The van der Waals surface area contributed by atoms with Crippen LogP contribution in [0.2, 0.25) is 0 Å². The van der Waals surface area contributed by atoms with E-state index in [0.29, 0.717) is 10.9 Å². The normalized spacial score (nSPS) is 10.9. The third-order valence-corrected chi connectivity index (χ3v) is 6.55. The lowest BCUT2D eigenvalue weighted by atomic mass is 10.0. The molecule has 0 unspecified atom stereocenters. The zero-order valence-corrected chi connectivity index (χ0v) is 20.2. The zero-order valence-electron chi connectivity index (χ0n) is 19.4. The Labute approximate surface area is 208 Å². The third-order valence-electron chi connectivity index (χ3n) is 5.53. The number of carbonyl (C=O) groups is 1. The highest BCUT2D eigenvalue weighted by Crippen LogP contribution is 2.39. The van der Waals surface area contributed by atoms with Gasteiger partial charge in [0.1, 0.15) is 27.2 Å². The summed E-state index contributed by atoms with van der Waals surface area (Å²) >= 11 is 1.42. The van der Waals surface area contributed by atoms with Crippen molar-refractivity contribution in [3.63, 3.8) is 0 Å². The number of amides is 1. The fourth-order valence-corrected chi connectivity index (χ4v) is 4.60. The van der Waals surface area contributed by atoms with Crippen LogP contribution < -0.4 is 10.1 Å². The Balaban J connectivity index is 1.40. The Morgan fingerprint density at radius 2 is 1.54 bits per heavy atom. The molecule has 0 spiro atoms. The average molecular weight is 481 g/mol. The Morgan fingerprint density at radius 1 is 0.857 bits per heavy atom. The largest absolute Gasteiger partial charge is 0.459 e. The van der Waals surface area contributed by atoms with Crippen LogP contribution in [0.5, 0.6) is 11.5 Å². The van der Waals surface area contributed by atoms with Gasteiger partial charge in [0.15, 0.2) is 5.76 Å². The SMILES string of the molecule is CC(C)c1ccc(Oc2ccc(-c3nc(-c4ccccc4)c(NC(=O)c4ccco4)s3)cc2)cc1. The van der Waals surface area contributed by atoms with Gasteiger partial charge in [0, 0.05) is 11.1 Å². The Kier molecular flexibility index (Phi) is 6.46. The van der Waals surface area contributed by atoms with Gasteiger partial charge in [-0.2, -0.15) is 0 Å². The minimum absolute atomic E-state index is 0.252. The summed E-state index contributed by atoms with van der Waals surface area (Å²) in [6.07, 6.45) is 1.48. The molecule has 0 saturated carbocycles. The summed E-state index contributed by atoms with van der Waals surface area (Å²) < 4.78 is 11.3. The van der Waals surface area contributed by atoms with Gasteiger partial charge in [-0.15, -0.1) is 0 Å². The first-order valence-electron chi connectivity index (χ1n) is 11.4. The van der Waals surface area contributed by atoms with Gasteiger partial charge >= 0.3 is 0 Å². The maximum absolute atomic E-state index is 12.6. The van der Waals surface area contributed by atoms with Gasteiger partial charge in [-0.05, 0) is 60.0 Å². The number of furan rings is 1. The topological polar surface area (TPSA) is 64.4 Å².